The smallest absolute Gasteiger partial charge is 0.243 e. The summed E-state index contributed by atoms with van der Waals surface area (Å²) in [7, 11) is 1.51. The molecule has 1 unspecified atom stereocenters. The number of amides is 1. The van der Waals surface area contributed by atoms with E-state index >= 15 is 0 Å². The second kappa shape index (κ2) is 9.58. The second-order valence-electron chi connectivity index (χ2n) is 4.38. The first-order valence-electron chi connectivity index (χ1n) is 6.37. The summed E-state index contributed by atoms with van der Waals surface area (Å²) in [6, 6.07) is 4.88. The highest BCUT2D eigenvalue weighted by Gasteiger charge is 2.14. The average Bonchev–Trinajstić information content (AvgIpc) is 2.39. The molecule has 1 aromatic carbocycles. The van der Waals surface area contributed by atoms with Crippen molar-refractivity contribution in [2.45, 2.75) is 26.3 Å². The van der Waals surface area contributed by atoms with Crippen molar-refractivity contribution in [1.29, 1.82) is 0 Å². The standard InChI is InChI=1S/C14H22N2O3.ClH/c1-4-7-19-11-5-6-13(10(2)8-11)16-14(17)12(15)9-18-3;/h5-6,8,12H,4,7,9,15H2,1-3H3,(H,16,17);1H. The number of nitrogens with two attached hydrogens (primary N) is 1. The minimum atomic E-state index is -0.666. The van der Waals surface area contributed by atoms with Gasteiger partial charge in [0.25, 0.3) is 0 Å². The van der Waals surface area contributed by atoms with Gasteiger partial charge in [-0.1, -0.05) is 6.92 Å². The number of ether oxygens (including phenoxy) is 2. The number of carbonyl (C=O) groups is 1. The molecule has 1 amide bonds. The van der Waals surface area contributed by atoms with Crippen LogP contribution in [0.25, 0.3) is 0 Å². The fraction of sp³-hybridized carbons (Fsp3) is 0.500. The third-order valence-electron chi connectivity index (χ3n) is 2.61. The maximum absolute atomic E-state index is 11.8. The van der Waals surface area contributed by atoms with Crippen LogP contribution in [-0.2, 0) is 9.53 Å². The lowest BCUT2D eigenvalue weighted by Gasteiger charge is -2.14. The number of carbonyl (C=O) groups excluding carboxylic acids is 1. The minimum absolute atomic E-state index is 0. The molecular formula is C14H23ClN2O3. The maximum atomic E-state index is 11.8. The fourth-order valence-corrected chi connectivity index (χ4v) is 1.57. The van der Waals surface area contributed by atoms with Gasteiger partial charge in [-0.15, -0.1) is 12.4 Å². The van der Waals surface area contributed by atoms with Crippen LogP contribution in [-0.4, -0.2) is 32.3 Å². The zero-order chi connectivity index (χ0) is 14.3. The Kier molecular flexibility index (Phi) is 8.96. The molecule has 0 spiro atoms. The van der Waals surface area contributed by atoms with Gasteiger partial charge in [-0.3, -0.25) is 4.79 Å². The highest BCUT2D eigenvalue weighted by atomic mass is 35.5. The SMILES string of the molecule is CCCOc1ccc(NC(=O)C(N)COC)c(C)c1.Cl. The second-order valence-corrected chi connectivity index (χ2v) is 4.38. The van der Waals surface area contributed by atoms with Crippen molar-refractivity contribution in [3.05, 3.63) is 23.8 Å². The van der Waals surface area contributed by atoms with Gasteiger partial charge in [0.1, 0.15) is 11.8 Å². The molecule has 0 aromatic heterocycles. The molecular weight excluding hydrogens is 280 g/mol. The van der Waals surface area contributed by atoms with Gasteiger partial charge in [0, 0.05) is 12.8 Å². The zero-order valence-electron chi connectivity index (χ0n) is 12.1. The molecule has 0 heterocycles. The molecule has 0 radical (unpaired) electrons. The highest BCUT2D eigenvalue weighted by Crippen LogP contribution is 2.21. The number of rotatable bonds is 7. The van der Waals surface area contributed by atoms with Crippen LogP contribution >= 0.6 is 12.4 Å². The minimum Gasteiger partial charge on any atom is -0.494 e. The van der Waals surface area contributed by atoms with Gasteiger partial charge in [0.2, 0.25) is 5.91 Å². The van der Waals surface area contributed by atoms with Crippen LogP contribution < -0.4 is 15.8 Å². The Balaban J connectivity index is 0.00000361. The summed E-state index contributed by atoms with van der Waals surface area (Å²) in [6.07, 6.45) is 0.962. The number of hydrogen-bond donors (Lipinski definition) is 2. The van der Waals surface area contributed by atoms with Crippen LogP contribution in [0.2, 0.25) is 0 Å². The van der Waals surface area contributed by atoms with E-state index in [1.807, 2.05) is 25.1 Å². The molecule has 0 aliphatic carbocycles. The van der Waals surface area contributed by atoms with Gasteiger partial charge in [0.05, 0.1) is 13.2 Å². The summed E-state index contributed by atoms with van der Waals surface area (Å²) in [6.45, 7) is 4.85. The van der Waals surface area contributed by atoms with Crippen LogP contribution in [0.4, 0.5) is 5.69 Å². The summed E-state index contributed by atoms with van der Waals surface area (Å²) in [5.41, 5.74) is 7.33. The lowest BCUT2D eigenvalue weighted by molar-refractivity contribution is -0.118. The van der Waals surface area contributed by atoms with Gasteiger partial charge in [0.15, 0.2) is 0 Å². The number of benzene rings is 1. The first kappa shape index (κ1) is 18.7. The van der Waals surface area contributed by atoms with Crippen LogP contribution in [0.1, 0.15) is 18.9 Å². The third kappa shape index (κ3) is 5.77. The quantitative estimate of drug-likeness (QED) is 0.809. The van der Waals surface area contributed by atoms with Crippen LogP contribution in [0, 0.1) is 6.92 Å². The number of methoxy groups -OCH3 is 1. The number of hydrogen-bond acceptors (Lipinski definition) is 4. The van der Waals surface area contributed by atoms with Crippen molar-refractivity contribution in [3.63, 3.8) is 0 Å². The van der Waals surface area contributed by atoms with E-state index in [0.717, 1.165) is 23.4 Å². The third-order valence-corrected chi connectivity index (χ3v) is 2.61. The predicted octanol–water partition coefficient (Wildman–Crippen LogP) is 2.12. The molecule has 6 heteroatoms. The van der Waals surface area contributed by atoms with Gasteiger partial charge in [-0.25, -0.2) is 0 Å². The lowest BCUT2D eigenvalue weighted by Crippen LogP contribution is -2.39. The van der Waals surface area contributed by atoms with E-state index in [1.54, 1.807) is 0 Å². The number of anilines is 1. The van der Waals surface area contributed by atoms with E-state index in [2.05, 4.69) is 12.2 Å². The molecule has 1 aromatic rings. The molecule has 0 fully saturated rings. The van der Waals surface area contributed by atoms with Gasteiger partial charge >= 0.3 is 0 Å². The van der Waals surface area contributed by atoms with E-state index in [4.69, 9.17) is 15.2 Å². The maximum Gasteiger partial charge on any atom is 0.243 e. The molecule has 0 saturated carbocycles. The number of halogens is 1. The highest BCUT2D eigenvalue weighted by molar-refractivity contribution is 5.95. The summed E-state index contributed by atoms with van der Waals surface area (Å²) in [4.78, 5) is 11.8. The summed E-state index contributed by atoms with van der Waals surface area (Å²) in [5.74, 6) is 0.547. The Labute approximate surface area is 126 Å². The first-order valence-corrected chi connectivity index (χ1v) is 6.37. The van der Waals surface area contributed by atoms with Crippen LogP contribution in [0.15, 0.2) is 18.2 Å². The van der Waals surface area contributed by atoms with E-state index in [-0.39, 0.29) is 24.9 Å². The molecule has 0 aliphatic heterocycles. The van der Waals surface area contributed by atoms with Crippen molar-refractivity contribution in [2.75, 3.05) is 25.6 Å². The van der Waals surface area contributed by atoms with Crippen molar-refractivity contribution in [3.8, 4) is 5.75 Å². The van der Waals surface area contributed by atoms with Crippen molar-refractivity contribution in [1.82, 2.24) is 0 Å². The molecule has 0 saturated heterocycles. The summed E-state index contributed by atoms with van der Waals surface area (Å²) in [5, 5.41) is 2.78. The van der Waals surface area contributed by atoms with Crippen molar-refractivity contribution < 1.29 is 14.3 Å². The van der Waals surface area contributed by atoms with E-state index < -0.39 is 6.04 Å². The van der Waals surface area contributed by atoms with E-state index in [1.165, 1.54) is 7.11 Å². The molecule has 3 N–H and O–H groups in total. The normalized spacial score (nSPS) is 11.4. The average molecular weight is 303 g/mol. The van der Waals surface area contributed by atoms with Crippen molar-refractivity contribution in [2.24, 2.45) is 5.73 Å². The Morgan fingerprint density at radius 2 is 2.15 bits per heavy atom. The van der Waals surface area contributed by atoms with Gasteiger partial charge < -0.3 is 20.5 Å². The fourth-order valence-electron chi connectivity index (χ4n) is 1.57. The zero-order valence-corrected chi connectivity index (χ0v) is 13.0. The summed E-state index contributed by atoms with van der Waals surface area (Å²) >= 11 is 0. The topological polar surface area (TPSA) is 73.6 Å². The van der Waals surface area contributed by atoms with Crippen LogP contribution in [0.3, 0.4) is 0 Å². The largest absolute Gasteiger partial charge is 0.494 e. The molecule has 5 nitrogen and oxygen atoms in total. The Morgan fingerprint density at radius 3 is 2.70 bits per heavy atom. The predicted molar refractivity (Wildman–Crippen MR) is 82.7 cm³/mol. The first-order chi connectivity index (χ1) is 9.08. The Hall–Kier alpha value is -1.30. The molecule has 0 bridgehead atoms. The van der Waals surface area contributed by atoms with Gasteiger partial charge in [-0.05, 0) is 37.1 Å². The Bertz CT molecular complexity index is 427. The Morgan fingerprint density at radius 1 is 1.45 bits per heavy atom. The molecule has 1 rings (SSSR count). The van der Waals surface area contributed by atoms with Crippen molar-refractivity contribution >= 4 is 24.0 Å². The van der Waals surface area contributed by atoms with E-state index in [9.17, 15) is 4.79 Å². The molecule has 1 atom stereocenters. The van der Waals surface area contributed by atoms with Crippen LogP contribution in [0.5, 0.6) is 5.75 Å². The lowest BCUT2D eigenvalue weighted by atomic mass is 10.2. The monoisotopic (exact) mass is 302 g/mol. The van der Waals surface area contributed by atoms with Gasteiger partial charge in [-0.2, -0.15) is 0 Å². The van der Waals surface area contributed by atoms with E-state index in [0.29, 0.717) is 6.61 Å². The summed E-state index contributed by atoms with van der Waals surface area (Å²) < 4.78 is 10.4. The number of aryl methyl sites for hydroxylation is 1. The molecule has 0 aliphatic rings. The number of nitrogens with one attached hydrogen (secondary N) is 1. The molecule has 20 heavy (non-hydrogen) atoms. The molecule has 114 valence electrons.